The highest BCUT2D eigenvalue weighted by Crippen LogP contribution is 2.18. The van der Waals surface area contributed by atoms with Crippen LogP contribution in [0.3, 0.4) is 0 Å². The quantitative estimate of drug-likeness (QED) is 0.794. The molecule has 8 heteroatoms. The Morgan fingerprint density at radius 2 is 2.13 bits per heavy atom. The fourth-order valence-corrected chi connectivity index (χ4v) is 2.66. The Morgan fingerprint density at radius 1 is 1.35 bits per heavy atom. The molecule has 0 N–H and O–H groups in total. The number of alkyl halides is 1. The zero-order valence-electron chi connectivity index (χ0n) is 12.8. The zero-order valence-corrected chi connectivity index (χ0v) is 13.6. The van der Waals surface area contributed by atoms with E-state index in [4.69, 9.17) is 16.3 Å². The SMILES string of the molecule is CC(Cl)C(=O)N1CCC(Oc2ccc(-n3cccn3)nn2)CC1. The molecule has 0 aromatic carbocycles. The molecule has 2 aromatic heterocycles. The van der Waals surface area contributed by atoms with Crippen molar-refractivity contribution in [3.8, 4) is 11.7 Å². The van der Waals surface area contributed by atoms with Crippen LogP contribution in [0.15, 0.2) is 30.6 Å². The Labute approximate surface area is 139 Å². The van der Waals surface area contributed by atoms with E-state index in [1.807, 2.05) is 12.1 Å². The average molecular weight is 336 g/mol. The van der Waals surface area contributed by atoms with Crippen LogP contribution in [-0.2, 0) is 4.79 Å². The molecule has 1 atom stereocenters. The number of piperidine rings is 1. The van der Waals surface area contributed by atoms with Gasteiger partial charge in [-0.25, -0.2) is 4.68 Å². The van der Waals surface area contributed by atoms with Crippen molar-refractivity contribution in [2.45, 2.75) is 31.2 Å². The second-order valence-electron chi connectivity index (χ2n) is 5.44. The summed E-state index contributed by atoms with van der Waals surface area (Å²) in [5, 5.41) is 11.8. The first-order valence-electron chi connectivity index (χ1n) is 7.57. The molecule has 1 amide bonds. The van der Waals surface area contributed by atoms with E-state index in [0.29, 0.717) is 24.8 Å². The van der Waals surface area contributed by atoms with Crippen molar-refractivity contribution < 1.29 is 9.53 Å². The molecule has 2 aromatic rings. The van der Waals surface area contributed by atoms with Gasteiger partial charge in [0.25, 0.3) is 0 Å². The predicted octanol–water partition coefficient (Wildman–Crippen LogP) is 1.66. The molecule has 1 unspecified atom stereocenters. The molecule has 1 aliphatic heterocycles. The Morgan fingerprint density at radius 3 is 2.70 bits per heavy atom. The smallest absolute Gasteiger partial charge is 0.240 e. The number of amides is 1. The topological polar surface area (TPSA) is 73.1 Å². The van der Waals surface area contributed by atoms with E-state index in [2.05, 4.69) is 15.3 Å². The monoisotopic (exact) mass is 335 g/mol. The van der Waals surface area contributed by atoms with Crippen LogP contribution in [0, 0.1) is 0 Å². The molecule has 7 nitrogen and oxygen atoms in total. The number of ether oxygens (including phenoxy) is 1. The minimum atomic E-state index is -0.479. The molecule has 1 aliphatic rings. The van der Waals surface area contributed by atoms with Crippen LogP contribution in [0.25, 0.3) is 5.82 Å². The molecule has 122 valence electrons. The van der Waals surface area contributed by atoms with Gasteiger partial charge in [0, 0.05) is 44.4 Å². The summed E-state index contributed by atoms with van der Waals surface area (Å²) in [6, 6.07) is 5.41. The van der Waals surface area contributed by atoms with Gasteiger partial charge in [0.1, 0.15) is 11.5 Å². The molecule has 1 fully saturated rings. The lowest BCUT2D eigenvalue weighted by Gasteiger charge is -2.32. The number of carbonyl (C=O) groups excluding carboxylic acids is 1. The van der Waals surface area contributed by atoms with Gasteiger partial charge < -0.3 is 9.64 Å². The molecule has 0 radical (unpaired) electrons. The highest BCUT2D eigenvalue weighted by molar-refractivity contribution is 6.30. The maximum absolute atomic E-state index is 11.8. The van der Waals surface area contributed by atoms with Crippen molar-refractivity contribution >= 4 is 17.5 Å². The van der Waals surface area contributed by atoms with Crippen molar-refractivity contribution in [1.29, 1.82) is 0 Å². The Bertz CT molecular complexity index is 636. The Hall–Kier alpha value is -2.15. The summed E-state index contributed by atoms with van der Waals surface area (Å²) in [6.07, 6.45) is 5.04. The van der Waals surface area contributed by atoms with Crippen molar-refractivity contribution in [3.05, 3.63) is 30.6 Å². The van der Waals surface area contributed by atoms with E-state index in [0.717, 1.165) is 12.8 Å². The standard InChI is InChI=1S/C15H18ClN5O2/c1-11(16)15(22)20-9-5-12(6-10-20)23-14-4-3-13(18-19-14)21-8-2-7-17-21/h2-4,7-8,11-12H,5-6,9-10H2,1H3. The third kappa shape index (κ3) is 3.79. The summed E-state index contributed by atoms with van der Waals surface area (Å²) in [4.78, 5) is 13.6. The van der Waals surface area contributed by atoms with E-state index < -0.39 is 5.38 Å². The highest BCUT2D eigenvalue weighted by Gasteiger charge is 2.26. The molecular weight excluding hydrogens is 318 g/mol. The second-order valence-corrected chi connectivity index (χ2v) is 6.09. The molecular formula is C15H18ClN5O2. The number of aromatic nitrogens is 4. The van der Waals surface area contributed by atoms with Gasteiger partial charge in [-0.2, -0.15) is 5.10 Å². The number of likely N-dealkylation sites (tertiary alicyclic amines) is 1. The maximum atomic E-state index is 11.8. The van der Waals surface area contributed by atoms with Gasteiger partial charge in [0.2, 0.25) is 11.8 Å². The first kappa shape index (κ1) is 15.7. The van der Waals surface area contributed by atoms with Gasteiger partial charge in [-0.3, -0.25) is 4.79 Å². The normalized spacial score (nSPS) is 17.0. The van der Waals surface area contributed by atoms with Gasteiger partial charge in [0.05, 0.1) is 0 Å². The minimum absolute atomic E-state index is 0.0199. The Balaban J connectivity index is 1.54. The van der Waals surface area contributed by atoms with Crippen molar-refractivity contribution in [3.63, 3.8) is 0 Å². The Kier molecular flexibility index (Phi) is 4.76. The molecule has 0 saturated carbocycles. The summed E-state index contributed by atoms with van der Waals surface area (Å²) in [7, 11) is 0. The predicted molar refractivity (Wildman–Crippen MR) is 84.7 cm³/mol. The van der Waals surface area contributed by atoms with Crippen LogP contribution < -0.4 is 4.74 Å². The third-order valence-electron chi connectivity index (χ3n) is 3.75. The number of rotatable bonds is 4. The van der Waals surface area contributed by atoms with Crippen molar-refractivity contribution in [1.82, 2.24) is 24.9 Å². The molecule has 0 aliphatic carbocycles. The van der Waals surface area contributed by atoms with Crippen LogP contribution in [0.2, 0.25) is 0 Å². The molecule has 3 heterocycles. The fraction of sp³-hybridized carbons (Fsp3) is 0.467. The van der Waals surface area contributed by atoms with Gasteiger partial charge in [-0.1, -0.05) is 0 Å². The number of nitrogens with zero attached hydrogens (tertiary/aromatic N) is 5. The van der Waals surface area contributed by atoms with Crippen LogP contribution in [0.5, 0.6) is 5.88 Å². The van der Waals surface area contributed by atoms with E-state index in [1.165, 1.54) is 0 Å². The number of hydrogen-bond acceptors (Lipinski definition) is 5. The molecule has 23 heavy (non-hydrogen) atoms. The lowest BCUT2D eigenvalue weighted by atomic mass is 10.1. The highest BCUT2D eigenvalue weighted by atomic mass is 35.5. The molecule has 3 rings (SSSR count). The molecule has 1 saturated heterocycles. The number of halogens is 1. The van der Waals surface area contributed by atoms with Gasteiger partial charge in [0.15, 0.2) is 5.82 Å². The summed E-state index contributed by atoms with van der Waals surface area (Å²) in [5.74, 6) is 1.10. The number of hydrogen-bond donors (Lipinski definition) is 0. The van der Waals surface area contributed by atoms with Crippen LogP contribution in [0.1, 0.15) is 19.8 Å². The van der Waals surface area contributed by atoms with Crippen molar-refractivity contribution in [2.24, 2.45) is 0 Å². The van der Waals surface area contributed by atoms with Crippen LogP contribution >= 0.6 is 11.6 Å². The fourth-order valence-electron chi connectivity index (χ4n) is 2.52. The summed E-state index contributed by atoms with van der Waals surface area (Å²) < 4.78 is 7.48. The first-order chi connectivity index (χ1) is 11.1. The van der Waals surface area contributed by atoms with E-state index in [1.54, 1.807) is 35.0 Å². The van der Waals surface area contributed by atoms with Gasteiger partial charge >= 0.3 is 0 Å². The van der Waals surface area contributed by atoms with E-state index in [9.17, 15) is 4.79 Å². The molecule has 0 bridgehead atoms. The van der Waals surface area contributed by atoms with Crippen molar-refractivity contribution in [2.75, 3.05) is 13.1 Å². The largest absolute Gasteiger partial charge is 0.473 e. The lowest BCUT2D eigenvalue weighted by molar-refractivity contribution is -0.132. The van der Waals surface area contributed by atoms with Gasteiger partial charge in [-0.05, 0) is 19.1 Å². The average Bonchev–Trinajstić information content (AvgIpc) is 3.10. The van der Waals surface area contributed by atoms with Crippen LogP contribution in [-0.4, -0.2) is 55.4 Å². The third-order valence-corrected chi connectivity index (χ3v) is 3.93. The maximum Gasteiger partial charge on any atom is 0.240 e. The summed E-state index contributed by atoms with van der Waals surface area (Å²) in [6.45, 7) is 3.00. The molecule has 0 spiro atoms. The van der Waals surface area contributed by atoms with E-state index >= 15 is 0 Å². The van der Waals surface area contributed by atoms with Gasteiger partial charge in [-0.15, -0.1) is 21.8 Å². The first-order valence-corrected chi connectivity index (χ1v) is 8.00. The second kappa shape index (κ2) is 6.95. The lowest BCUT2D eigenvalue weighted by Crippen LogP contribution is -2.44. The number of carbonyl (C=O) groups is 1. The zero-order chi connectivity index (χ0) is 16.2. The summed E-state index contributed by atoms with van der Waals surface area (Å²) >= 11 is 5.84. The summed E-state index contributed by atoms with van der Waals surface area (Å²) in [5.41, 5.74) is 0. The van der Waals surface area contributed by atoms with E-state index in [-0.39, 0.29) is 12.0 Å². The van der Waals surface area contributed by atoms with Crippen LogP contribution in [0.4, 0.5) is 0 Å². The minimum Gasteiger partial charge on any atom is -0.473 e.